The molecule has 0 saturated carbocycles. The lowest BCUT2D eigenvalue weighted by atomic mass is 9.96. The number of hydrogen-bond acceptors (Lipinski definition) is 3. The van der Waals surface area contributed by atoms with Gasteiger partial charge in [-0.3, -0.25) is 9.59 Å². The summed E-state index contributed by atoms with van der Waals surface area (Å²) in [6.45, 7) is 2.87. The van der Waals surface area contributed by atoms with Crippen molar-refractivity contribution in [2.75, 3.05) is 18.4 Å². The SMILES string of the molecule is Cc1cc(NC(=O)C2CCCN(C(=O)c3ccc(Cl)cc3)C2)n(-c2cccc(Cl)c2)n1. The Labute approximate surface area is 190 Å². The lowest BCUT2D eigenvalue weighted by Gasteiger charge is -2.32. The normalized spacial score (nSPS) is 16.2. The number of aromatic nitrogens is 2. The summed E-state index contributed by atoms with van der Waals surface area (Å²) in [4.78, 5) is 27.6. The second-order valence-corrected chi connectivity index (χ2v) is 8.52. The minimum Gasteiger partial charge on any atom is -0.338 e. The summed E-state index contributed by atoms with van der Waals surface area (Å²) in [5.41, 5.74) is 2.11. The van der Waals surface area contributed by atoms with Crippen LogP contribution in [0.15, 0.2) is 54.6 Å². The van der Waals surface area contributed by atoms with E-state index in [4.69, 9.17) is 23.2 Å². The lowest BCUT2D eigenvalue weighted by molar-refractivity contribution is -0.121. The number of carbonyl (C=O) groups excluding carboxylic acids is 2. The fourth-order valence-electron chi connectivity index (χ4n) is 3.77. The third-order valence-corrected chi connectivity index (χ3v) is 5.79. The zero-order valence-electron chi connectivity index (χ0n) is 17.0. The number of halogens is 2. The lowest BCUT2D eigenvalue weighted by Crippen LogP contribution is -2.43. The van der Waals surface area contributed by atoms with Crippen LogP contribution in [0.3, 0.4) is 0 Å². The molecule has 1 unspecified atom stereocenters. The minimum atomic E-state index is -0.298. The van der Waals surface area contributed by atoms with Gasteiger partial charge in [0.25, 0.3) is 5.91 Å². The molecule has 1 aliphatic heterocycles. The van der Waals surface area contributed by atoms with Gasteiger partial charge in [0.2, 0.25) is 5.91 Å². The highest BCUT2D eigenvalue weighted by Gasteiger charge is 2.29. The molecule has 160 valence electrons. The van der Waals surface area contributed by atoms with Gasteiger partial charge < -0.3 is 10.2 Å². The van der Waals surface area contributed by atoms with Gasteiger partial charge in [0.15, 0.2) is 0 Å². The Morgan fingerprint density at radius 1 is 1.06 bits per heavy atom. The first-order valence-electron chi connectivity index (χ1n) is 10.1. The summed E-state index contributed by atoms with van der Waals surface area (Å²) in [7, 11) is 0. The molecular weight excluding hydrogens is 435 g/mol. The predicted octanol–water partition coefficient (Wildman–Crippen LogP) is 4.98. The zero-order valence-corrected chi connectivity index (χ0v) is 18.5. The van der Waals surface area contributed by atoms with Crippen LogP contribution in [0.1, 0.15) is 28.9 Å². The molecule has 6 nitrogen and oxygen atoms in total. The van der Waals surface area contributed by atoms with Crippen LogP contribution in [-0.4, -0.2) is 39.6 Å². The Bertz CT molecular complexity index is 1110. The second-order valence-electron chi connectivity index (χ2n) is 7.65. The molecule has 0 aliphatic carbocycles. The van der Waals surface area contributed by atoms with Crippen molar-refractivity contribution in [3.05, 3.63) is 75.9 Å². The Balaban J connectivity index is 1.48. The number of anilines is 1. The van der Waals surface area contributed by atoms with E-state index in [9.17, 15) is 9.59 Å². The minimum absolute atomic E-state index is 0.0889. The zero-order chi connectivity index (χ0) is 22.0. The summed E-state index contributed by atoms with van der Waals surface area (Å²) in [5, 5.41) is 8.64. The standard InChI is InChI=1S/C23H22Cl2N4O2/c1-15-12-21(29(27-15)20-6-2-5-19(25)13-20)26-22(30)17-4-3-11-28(14-17)23(31)16-7-9-18(24)10-8-16/h2,5-10,12-13,17H,3-4,11,14H2,1H3,(H,26,30). The smallest absolute Gasteiger partial charge is 0.253 e. The molecule has 0 spiro atoms. The Morgan fingerprint density at radius 3 is 2.58 bits per heavy atom. The quantitative estimate of drug-likeness (QED) is 0.601. The molecule has 8 heteroatoms. The molecule has 3 aromatic rings. The molecule has 1 fully saturated rings. The van der Waals surface area contributed by atoms with E-state index in [1.165, 1.54) is 0 Å². The van der Waals surface area contributed by atoms with Crippen molar-refractivity contribution in [1.82, 2.24) is 14.7 Å². The van der Waals surface area contributed by atoms with Gasteiger partial charge in [-0.05, 0) is 62.2 Å². The van der Waals surface area contributed by atoms with E-state index in [1.54, 1.807) is 46.0 Å². The van der Waals surface area contributed by atoms with E-state index in [1.807, 2.05) is 25.1 Å². The van der Waals surface area contributed by atoms with Crippen molar-refractivity contribution >= 4 is 40.8 Å². The Hall–Kier alpha value is -2.83. The van der Waals surface area contributed by atoms with Crippen molar-refractivity contribution in [2.45, 2.75) is 19.8 Å². The average molecular weight is 457 g/mol. The topological polar surface area (TPSA) is 67.2 Å². The number of hydrogen-bond donors (Lipinski definition) is 1. The number of nitrogens with one attached hydrogen (secondary N) is 1. The highest BCUT2D eigenvalue weighted by Crippen LogP contribution is 2.24. The highest BCUT2D eigenvalue weighted by molar-refractivity contribution is 6.31. The van der Waals surface area contributed by atoms with Gasteiger partial charge in [0.1, 0.15) is 5.82 Å². The molecule has 4 rings (SSSR count). The van der Waals surface area contributed by atoms with Gasteiger partial charge in [-0.1, -0.05) is 29.3 Å². The number of rotatable bonds is 4. The summed E-state index contributed by atoms with van der Waals surface area (Å²) >= 11 is 12.0. The molecule has 2 amide bonds. The highest BCUT2D eigenvalue weighted by atomic mass is 35.5. The third-order valence-electron chi connectivity index (χ3n) is 5.31. The van der Waals surface area contributed by atoms with Crippen LogP contribution >= 0.6 is 23.2 Å². The van der Waals surface area contributed by atoms with E-state index >= 15 is 0 Å². The van der Waals surface area contributed by atoms with Gasteiger partial charge >= 0.3 is 0 Å². The van der Waals surface area contributed by atoms with Gasteiger partial charge in [-0.2, -0.15) is 5.10 Å². The molecule has 0 radical (unpaired) electrons. The largest absolute Gasteiger partial charge is 0.338 e. The second kappa shape index (κ2) is 9.12. The van der Waals surface area contributed by atoms with Gasteiger partial charge in [0.05, 0.1) is 17.3 Å². The van der Waals surface area contributed by atoms with Gasteiger partial charge in [0, 0.05) is 34.8 Å². The van der Waals surface area contributed by atoms with Crippen LogP contribution in [0.4, 0.5) is 5.82 Å². The first kappa shape index (κ1) is 21.4. The average Bonchev–Trinajstić information content (AvgIpc) is 3.14. The van der Waals surface area contributed by atoms with E-state index in [2.05, 4.69) is 10.4 Å². The van der Waals surface area contributed by atoms with Crippen LogP contribution < -0.4 is 5.32 Å². The van der Waals surface area contributed by atoms with Crippen molar-refractivity contribution < 1.29 is 9.59 Å². The Morgan fingerprint density at radius 2 is 1.84 bits per heavy atom. The van der Waals surface area contributed by atoms with E-state index in [0.29, 0.717) is 34.5 Å². The van der Waals surface area contributed by atoms with Crippen LogP contribution in [0.5, 0.6) is 0 Å². The van der Waals surface area contributed by atoms with E-state index < -0.39 is 0 Å². The van der Waals surface area contributed by atoms with Crippen LogP contribution in [0.2, 0.25) is 10.0 Å². The summed E-state index contributed by atoms with van der Waals surface area (Å²) < 4.78 is 1.67. The summed E-state index contributed by atoms with van der Waals surface area (Å²) in [6.07, 6.45) is 1.49. The maximum atomic E-state index is 13.0. The third kappa shape index (κ3) is 4.92. The number of likely N-dealkylation sites (tertiary alicyclic amines) is 1. The molecule has 2 aromatic carbocycles. The molecule has 1 aromatic heterocycles. The number of carbonyl (C=O) groups is 2. The molecule has 31 heavy (non-hydrogen) atoms. The van der Waals surface area contributed by atoms with Crippen molar-refractivity contribution in [2.24, 2.45) is 5.92 Å². The van der Waals surface area contributed by atoms with Crippen LogP contribution in [0, 0.1) is 12.8 Å². The molecule has 0 bridgehead atoms. The fraction of sp³-hybridized carbons (Fsp3) is 0.261. The van der Waals surface area contributed by atoms with Crippen molar-refractivity contribution in [3.63, 3.8) is 0 Å². The predicted molar refractivity (Wildman–Crippen MR) is 122 cm³/mol. The molecule has 1 saturated heterocycles. The molecular formula is C23H22Cl2N4O2. The number of piperidine rings is 1. The van der Waals surface area contributed by atoms with Gasteiger partial charge in [-0.25, -0.2) is 4.68 Å². The maximum absolute atomic E-state index is 13.0. The number of aryl methyl sites for hydroxylation is 1. The molecule has 1 atom stereocenters. The fourth-order valence-corrected chi connectivity index (χ4v) is 4.08. The molecule has 2 heterocycles. The van der Waals surface area contributed by atoms with E-state index in [0.717, 1.165) is 24.2 Å². The van der Waals surface area contributed by atoms with Crippen LogP contribution in [-0.2, 0) is 4.79 Å². The summed E-state index contributed by atoms with van der Waals surface area (Å²) in [6, 6.07) is 15.9. The molecule has 1 aliphatic rings. The number of benzene rings is 2. The maximum Gasteiger partial charge on any atom is 0.253 e. The van der Waals surface area contributed by atoms with Crippen LogP contribution in [0.25, 0.3) is 5.69 Å². The first-order valence-corrected chi connectivity index (χ1v) is 10.8. The summed E-state index contributed by atoms with van der Waals surface area (Å²) in [5.74, 6) is 0.0599. The Kier molecular flexibility index (Phi) is 6.30. The van der Waals surface area contributed by atoms with Crippen molar-refractivity contribution in [1.29, 1.82) is 0 Å². The molecule has 1 N–H and O–H groups in total. The monoisotopic (exact) mass is 456 g/mol. The number of amides is 2. The van der Waals surface area contributed by atoms with Gasteiger partial charge in [-0.15, -0.1) is 0 Å². The van der Waals surface area contributed by atoms with E-state index in [-0.39, 0.29) is 17.7 Å². The first-order chi connectivity index (χ1) is 14.9. The number of nitrogens with zero attached hydrogens (tertiary/aromatic N) is 3. The van der Waals surface area contributed by atoms with Crippen molar-refractivity contribution in [3.8, 4) is 5.69 Å².